The molecule has 6 rings (SSSR count). The van der Waals surface area contributed by atoms with Gasteiger partial charge in [0.2, 0.25) is 0 Å². The number of aromatic nitrogens is 7. The molecule has 0 aliphatic heterocycles. The first-order chi connectivity index (χ1) is 19.3. The van der Waals surface area contributed by atoms with Gasteiger partial charge in [-0.3, -0.25) is 9.67 Å². The van der Waals surface area contributed by atoms with Gasteiger partial charge < -0.3 is 0 Å². The summed E-state index contributed by atoms with van der Waals surface area (Å²) in [4.78, 5) is 16.7. The Morgan fingerprint density at radius 2 is 1.57 bits per heavy atom. The molecule has 6 aromatic rings. The molecule has 200 valence electrons. The van der Waals surface area contributed by atoms with Gasteiger partial charge >= 0.3 is 11.9 Å². The number of hydrogen-bond donors (Lipinski definition) is 0. The Morgan fingerprint density at radius 3 is 2.27 bits per heavy atom. The fraction of sp³-hybridized carbons (Fsp3) is 0.107. The average molecular weight is 562 g/mol. The summed E-state index contributed by atoms with van der Waals surface area (Å²) in [6, 6.07) is 19.2. The molecular weight excluding hydrogens is 543 g/mol. The highest BCUT2D eigenvalue weighted by Crippen LogP contribution is 2.34. The summed E-state index contributed by atoms with van der Waals surface area (Å²) in [5.41, 5.74) is 3.04. The summed E-state index contributed by atoms with van der Waals surface area (Å²) >= 11 is 6.14. The van der Waals surface area contributed by atoms with Crippen molar-refractivity contribution >= 4 is 17.2 Å². The Balaban J connectivity index is 1.43. The molecule has 0 amide bonds. The van der Waals surface area contributed by atoms with Crippen LogP contribution in [-0.4, -0.2) is 34.2 Å². The number of pyridine rings is 1. The maximum absolute atomic E-state index is 13.2. The standard InChI is InChI=1S/C28H19ClF3N7O/c29-22-9-7-20(8-10-22)25-23(21-13-34-37(17-21)15-18-4-2-1-3-5-18)14-35-39-26(25)36-38(27(39)40)16-19-6-11-24(33-12-19)28(30,31)32/h1-14,17H,15-16H2. The van der Waals surface area contributed by atoms with E-state index in [0.717, 1.165) is 33.6 Å². The molecule has 0 unspecified atom stereocenters. The molecule has 0 saturated heterocycles. The van der Waals surface area contributed by atoms with Crippen molar-refractivity contribution in [2.24, 2.45) is 0 Å². The Hall–Kier alpha value is -4.77. The van der Waals surface area contributed by atoms with Crippen LogP contribution in [0.5, 0.6) is 0 Å². The number of nitrogens with zero attached hydrogens (tertiary/aromatic N) is 7. The maximum atomic E-state index is 13.2. The normalized spacial score (nSPS) is 11.8. The average Bonchev–Trinajstić information content (AvgIpc) is 3.53. The fourth-order valence-electron chi connectivity index (χ4n) is 4.40. The zero-order valence-corrected chi connectivity index (χ0v) is 21.4. The van der Waals surface area contributed by atoms with Crippen LogP contribution in [0.15, 0.2) is 96.3 Å². The van der Waals surface area contributed by atoms with Crippen LogP contribution >= 0.6 is 11.6 Å². The van der Waals surface area contributed by atoms with E-state index >= 15 is 0 Å². The maximum Gasteiger partial charge on any atom is 0.433 e. The SMILES string of the molecule is O=c1n(Cc2ccc(C(F)(F)F)nc2)nc2c(-c3ccc(Cl)cc3)c(-c3cnn(Cc4ccccc4)c3)cnn12. The number of rotatable bonds is 6. The first kappa shape index (κ1) is 25.5. The smallest absolute Gasteiger partial charge is 0.268 e. The first-order valence-electron chi connectivity index (χ1n) is 12.1. The molecular formula is C28H19ClF3N7O. The second-order valence-electron chi connectivity index (χ2n) is 9.08. The molecule has 4 aromatic heterocycles. The number of alkyl halides is 3. The molecule has 0 aliphatic carbocycles. The lowest BCUT2D eigenvalue weighted by atomic mass is 9.99. The lowest BCUT2D eigenvalue weighted by molar-refractivity contribution is -0.141. The van der Waals surface area contributed by atoms with Crippen LogP contribution in [0.25, 0.3) is 27.9 Å². The largest absolute Gasteiger partial charge is 0.433 e. The predicted molar refractivity (Wildman–Crippen MR) is 143 cm³/mol. The van der Waals surface area contributed by atoms with Crippen LogP contribution in [0, 0.1) is 0 Å². The van der Waals surface area contributed by atoms with E-state index < -0.39 is 17.6 Å². The highest BCUT2D eigenvalue weighted by molar-refractivity contribution is 6.30. The summed E-state index contributed by atoms with van der Waals surface area (Å²) in [6.07, 6.45) is 1.72. The summed E-state index contributed by atoms with van der Waals surface area (Å²) in [5.74, 6) is 0. The number of benzene rings is 2. The molecule has 40 heavy (non-hydrogen) atoms. The third-order valence-corrected chi connectivity index (χ3v) is 6.58. The minimum Gasteiger partial charge on any atom is -0.268 e. The van der Waals surface area contributed by atoms with Gasteiger partial charge in [-0.2, -0.15) is 27.9 Å². The fourth-order valence-corrected chi connectivity index (χ4v) is 4.53. The van der Waals surface area contributed by atoms with Crippen LogP contribution in [0.4, 0.5) is 13.2 Å². The van der Waals surface area contributed by atoms with E-state index in [9.17, 15) is 18.0 Å². The van der Waals surface area contributed by atoms with E-state index in [-0.39, 0.29) is 12.2 Å². The van der Waals surface area contributed by atoms with Gasteiger partial charge in [-0.1, -0.05) is 60.1 Å². The van der Waals surface area contributed by atoms with Crippen molar-refractivity contribution in [1.29, 1.82) is 0 Å². The van der Waals surface area contributed by atoms with Crippen LogP contribution in [0.1, 0.15) is 16.8 Å². The molecule has 8 nitrogen and oxygen atoms in total. The van der Waals surface area contributed by atoms with Crippen molar-refractivity contribution in [2.75, 3.05) is 0 Å². The number of halogens is 4. The molecule has 4 heterocycles. The Bertz CT molecular complexity index is 1860. The molecule has 0 atom stereocenters. The minimum absolute atomic E-state index is 0.0856. The molecule has 0 bridgehead atoms. The quantitative estimate of drug-likeness (QED) is 0.265. The third kappa shape index (κ3) is 4.98. The molecule has 0 N–H and O–H groups in total. The zero-order valence-electron chi connectivity index (χ0n) is 20.6. The monoisotopic (exact) mass is 561 g/mol. The summed E-state index contributed by atoms with van der Waals surface area (Å²) < 4.78 is 42.9. The topological polar surface area (TPSA) is 82.9 Å². The lowest BCUT2D eigenvalue weighted by Gasteiger charge is -2.09. The second-order valence-corrected chi connectivity index (χ2v) is 9.51. The highest BCUT2D eigenvalue weighted by atomic mass is 35.5. The molecule has 0 aliphatic rings. The predicted octanol–water partition coefficient (Wildman–Crippen LogP) is 5.59. The summed E-state index contributed by atoms with van der Waals surface area (Å²) in [7, 11) is 0. The van der Waals surface area contributed by atoms with Gasteiger partial charge in [0.15, 0.2) is 5.65 Å². The number of fused-ring (bicyclic) bond motifs is 1. The zero-order chi connectivity index (χ0) is 27.9. The first-order valence-corrected chi connectivity index (χ1v) is 12.5. The summed E-state index contributed by atoms with van der Waals surface area (Å²) in [6.45, 7) is 0.486. The molecule has 0 radical (unpaired) electrons. The van der Waals surface area contributed by atoms with Crippen molar-refractivity contribution in [1.82, 2.24) is 34.2 Å². The third-order valence-electron chi connectivity index (χ3n) is 6.33. The van der Waals surface area contributed by atoms with E-state index in [1.807, 2.05) is 53.3 Å². The van der Waals surface area contributed by atoms with E-state index in [4.69, 9.17) is 11.6 Å². The van der Waals surface area contributed by atoms with E-state index in [0.29, 0.717) is 28.3 Å². The lowest BCUT2D eigenvalue weighted by Crippen LogP contribution is -2.23. The van der Waals surface area contributed by atoms with E-state index in [1.54, 1.807) is 24.5 Å². The van der Waals surface area contributed by atoms with Gasteiger partial charge in [0.1, 0.15) is 5.69 Å². The van der Waals surface area contributed by atoms with Gasteiger partial charge in [-0.05, 0) is 34.9 Å². The van der Waals surface area contributed by atoms with Crippen molar-refractivity contribution in [3.63, 3.8) is 0 Å². The Morgan fingerprint density at radius 1 is 0.800 bits per heavy atom. The van der Waals surface area contributed by atoms with E-state index in [1.165, 1.54) is 10.6 Å². The van der Waals surface area contributed by atoms with Gasteiger partial charge in [-0.25, -0.2) is 9.48 Å². The van der Waals surface area contributed by atoms with Gasteiger partial charge in [0, 0.05) is 34.1 Å². The molecule has 2 aromatic carbocycles. The molecule has 0 spiro atoms. The van der Waals surface area contributed by atoms with E-state index in [2.05, 4.69) is 20.3 Å². The van der Waals surface area contributed by atoms with Crippen molar-refractivity contribution in [2.45, 2.75) is 19.3 Å². The van der Waals surface area contributed by atoms with Crippen molar-refractivity contribution < 1.29 is 13.2 Å². The molecule has 0 saturated carbocycles. The van der Waals surface area contributed by atoms with Gasteiger partial charge in [0.05, 0.1) is 25.5 Å². The van der Waals surface area contributed by atoms with Gasteiger partial charge in [0.25, 0.3) is 0 Å². The summed E-state index contributed by atoms with van der Waals surface area (Å²) in [5, 5.41) is 13.9. The highest BCUT2D eigenvalue weighted by Gasteiger charge is 2.32. The van der Waals surface area contributed by atoms with Crippen LogP contribution in [0.2, 0.25) is 5.02 Å². The van der Waals surface area contributed by atoms with Crippen LogP contribution in [-0.2, 0) is 19.3 Å². The Kier molecular flexibility index (Phi) is 6.43. The molecule has 0 fully saturated rings. The second kappa shape index (κ2) is 10.1. The van der Waals surface area contributed by atoms with Crippen molar-refractivity contribution in [3.05, 3.63) is 124 Å². The van der Waals surface area contributed by atoms with Crippen LogP contribution < -0.4 is 5.69 Å². The Labute approximate surface area is 229 Å². The van der Waals surface area contributed by atoms with Crippen molar-refractivity contribution in [3.8, 4) is 22.3 Å². The van der Waals surface area contributed by atoms with Crippen LogP contribution in [0.3, 0.4) is 0 Å². The molecule has 12 heteroatoms. The number of hydrogen-bond acceptors (Lipinski definition) is 5. The van der Waals surface area contributed by atoms with Gasteiger partial charge in [-0.15, -0.1) is 5.10 Å². The minimum atomic E-state index is -4.55.